The first kappa shape index (κ1) is 16.4. The van der Waals surface area contributed by atoms with Crippen molar-refractivity contribution in [1.82, 2.24) is 4.98 Å². The molecule has 0 atom stereocenters. The number of nitrogens with one attached hydrogen (secondary N) is 3. The van der Waals surface area contributed by atoms with Crippen LogP contribution in [0.25, 0.3) is 10.9 Å². The fraction of sp³-hybridized carbons (Fsp3) is 0.0588. The highest BCUT2D eigenvalue weighted by Gasteiger charge is 2.29. The molecule has 0 unspecified atom stereocenters. The van der Waals surface area contributed by atoms with Crippen molar-refractivity contribution in [2.24, 2.45) is 0 Å². The number of carbonyl (C=O) groups excluding carboxylic acids is 1. The fourth-order valence-electron chi connectivity index (χ4n) is 2.33. The molecule has 3 aromatic rings. The number of urea groups is 1. The number of amides is 2. The lowest BCUT2D eigenvalue weighted by Gasteiger charge is -2.10. The third-order valence-corrected chi connectivity index (χ3v) is 3.53. The number of anilines is 2. The molecule has 0 aliphatic heterocycles. The van der Waals surface area contributed by atoms with Gasteiger partial charge in [0, 0.05) is 28.5 Å². The smallest absolute Gasteiger partial charge is 0.360 e. The van der Waals surface area contributed by atoms with Crippen molar-refractivity contribution in [1.29, 1.82) is 5.26 Å². The predicted molar refractivity (Wildman–Crippen MR) is 87.1 cm³/mol. The molecule has 1 aromatic heterocycles. The molecule has 3 N–H and O–H groups in total. The number of fused-ring (bicyclic) bond motifs is 1. The quantitative estimate of drug-likeness (QED) is 0.630. The Morgan fingerprint density at radius 1 is 1.04 bits per heavy atom. The second-order valence-electron chi connectivity index (χ2n) is 5.23. The average molecular weight is 344 g/mol. The molecule has 0 bridgehead atoms. The molecule has 2 aromatic carbocycles. The number of rotatable bonds is 2. The predicted octanol–water partition coefficient (Wildman–Crippen LogP) is 4.70. The summed E-state index contributed by atoms with van der Waals surface area (Å²) in [4.78, 5) is 14.9. The van der Waals surface area contributed by atoms with Gasteiger partial charge in [0.1, 0.15) is 6.07 Å². The zero-order valence-electron chi connectivity index (χ0n) is 12.6. The molecule has 8 heteroatoms. The number of halogens is 3. The van der Waals surface area contributed by atoms with E-state index in [9.17, 15) is 18.0 Å². The van der Waals surface area contributed by atoms with E-state index in [1.54, 1.807) is 24.4 Å². The van der Waals surface area contributed by atoms with Gasteiger partial charge < -0.3 is 15.6 Å². The molecule has 5 nitrogen and oxygen atoms in total. The summed E-state index contributed by atoms with van der Waals surface area (Å²) < 4.78 is 37.5. The minimum atomic E-state index is -4.42. The number of benzene rings is 2. The first-order valence-electron chi connectivity index (χ1n) is 7.13. The molecule has 1 heterocycles. The third-order valence-electron chi connectivity index (χ3n) is 3.53. The van der Waals surface area contributed by atoms with E-state index in [1.807, 2.05) is 6.07 Å². The normalized spacial score (nSPS) is 11.1. The van der Waals surface area contributed by atoms with E-state index in [1.165, 1.54) is 12.1 Å². The highest BCUT2D eigenvalue weighted by molar-refractivity contribution is 6.01. The molecule has 126 valence electrons. The summed E-state index contributed by atoms with van der Waals surface area (Å²) >= 11 is 0. The van der Waals surface area contributed by atoms with Crippen molar-refractivity contribution >= 4 is 28.3 Å². The molecule has 3 rings (SSSR count). The molecule has 0 aliphatic carbocycles. The van der Waals surface area contributed by atoms with Crippen molar-refractivity contribution in [3.8, 4) is 6.07 Å². The van der Waals surface area contributed by atoms with Crippen LogP contribution in [0.2, 0.25) is 0 Å². The summed E-state index contributed by atoms with van der Waals surface area (Å²) in [6.07, 6.45) is -2.86. The second-order valence-corrected chi connectivity index (χ2v) is 5.23. The zero-order valence-corrected chi connectivity index (χ0v) is 12.6. The van der Waals surface area contributed by atoms with Crippen LogP contribution in [0.3, 0.4) is 0 Å². The Labute approximate surface area is 140 Å². The number of nitrogens with zero attached hydrogens (tertiary/aromatic N) is 1. The summed E-state index contributed by atoms with van der Waals surface area (Å²) in [5.41, 5.74) is 1.10. The average Bonchev–Trinajstić information content (AvgIpc) is 2.96. The van der Waals surface area contributed by atoms with E-state index >= 15 is 0 Å². The molecule has 25 heavy (non-hydrogen) atoms. The van der Waals surface area contributed by atoms with Crippen molar-refractivity contribution in [3.63, 3.8) is 0 Å². The molecule has 2 amide bonds. The Balaban J connectivity index is 1.69. The lowest BCUT2D eigenvalue weighted by Crippen LogP contribution is -2.19. The first-order chi connectivity index (χ1) is 11.9. The van der Waals surface area contributed by atoms with Gasteiger partial charge in [0.25, 0.3) is 0 Å². The Morgan fingerprint density at radius 2 is 1.68 bits per heavy atom. The number of alkyl halides is 3. The van der Waals surface area contributed by atoms with Crippen LogP contribution in [0.1, 0.15) is 11.1 Å². The van der Waals surface area contributed by atoms with E-state index in [2.05, 4.69) is 15.6 Å². The van der Waals surface area contributed by atoms with Crippen LogP contribution in [0.5, 0.6) is 0 Å². The summed E-state index contributed by atoms with van der Waals surface area (Å²) in [5.74, 6) is 0. The number of nitriles is 1. The lowest BCUT2D eigenvalue weighted by molar-refractivity contribution is -0.137. The van der Waals surface area contributed by atoms with E-state index in [0.717, 1.165) is 17.5 Å². The number of hydrogen-bond donors (Lipinski definition) is 3. The maximum atomic E-state index is 12.5. The van der Waals surface area contributed by atoms with Crippen LogP contribution in [-0.2, 0) is 6.18 Å². The van der Waals surface area contributed by atoms with Crippen LogP contribution in [0.4, 0.5) is 29.3 Å². The standard InChI is InChI=1S/C17H11F3N4O/c18-17(19,20)11-1-3-12(4-2-11)23-16(25)24-13-5-6-14-10(8-21)9-22-15(14)7-13/h1-7,9,22H,(H2,23,24,25). The van der Waals surface area contributed by atoms with Gasteiger partial charge in [0.15, 0.2) is 0 Å². The lowest BCUT2D eigenvalue weighted by atomic mass is 10.2. The molecular formula is C17H11F3N4O. The highest BCUT2D eigenvalue weighted by atomic mass is 19.4. The minimum Gasteiger partial charge on any atom is -0.360 e. The minimum absolute atomic E-state index is 0.234. The number of H-pyrrole nitrogens is 1. The number of aromatic amines is 1. The van der Waals surface area contributed by atoms with Gasteiger partial charge in [-0.25, -0.2) is 4.79 Å². The summed E-state index contributed by atoms with van der Waals surface area (Å²) in [6.45, 7) is 0. The van der Waals surface area contributed by atoms with Crippen LogP contribution in [-0.4, -0.2) is 11.0 Å². The Morgan fingerprint density at radius 3 is 2.32 bits per heavy atom. The Kier molecular flexibility index (Phi) is 4.07. The maximum absolute atomic E-state index is 12.5. The second kappa shape index (κ2) is 6.20. The third kappa shape index (κ3) is 3.55. The number of hydrogen-bond acceptors (Lipinski definition) is 2. The summed E-state index contributed by atoms with van der Waals surface area (Å²) in [6, 6.07) is 10.6. The molecule has 0 radical (unpaired) electrons. The Bertz CT molecular complexity index is 968. The van der Waals surface area contributed by atoms with Gasteiger partial charge in [-0.2, -0.15) is 18.4 Å². The van der Waals surface area contributed by atoms with E-state index in [0.29, 0.717) is 16.8 Å². The van der Waals surface area contributed by atoms with Gasteiger partial charge in [-0.05, 0) is 42.5 Å². The van der Waals surface area contributed by atoms with Crippen LogP contribution < -0.4 is 10.6 Å². The molecule has 0 aliphatic rings. The van der Waals surface area contributed by atoms with Gasteiger partial charge in [-0.15, -0.1) is 0 Å². The van der Waals surface area contributed by atoms with Gasteiger partial charge in [0.2, 0.25) is 0 Å². The molecule has 0 saturated carbocycles. The van der Waals surface area contributed by atoms with Crippen LogP contribution in [0.15, 0.2) is 48.7 Å². The van der Waals surface area contributed by atoms with Gasteiger partial charge in [-0.3, -0.25) is 0 Å². The van der Waals surface area contributed by atoms with Crippen molar-refractivity contribution in [2.75, 3.05) is 10.6 Å². The number of carbonyl (C=O) groups is 1. The van der Waals surface area contributed by atoms with Crippen molar-refractivity contribution in [2.45, 2.75) is 6.18 Å². The van der Waals surface area contributed by atoms with Crippen molar-refractivity contribution in [3.05, 3.63) is 59.8 Å². The summed E-state index contributed by atoms with van der Waals surface area (Å²) in [7, 11) is 0. The molecule has 0 spiro atoms. The summed E-state index contributed by atoms with van der Waals surface area (Å²) in [5, 5.41) is 14.7. The monoisotopic (exact) mass is 344 g/mol. The zero-order chi connectivity index (χ0) is 18.0. The van der Waals surface area contributed by atoms with Gasteiger partial charge in [0.05, 0.1) is 11.1 Å². The SMILES string of the molecule is N#Cc1c[nH]c2cc(NC(=O)Nc3ccc(C(F)(F)F)cc3)ccc12. The van der Waals surface area contributed by atoms with Gasteiger partial charge in [-0.1, -0.05) is 0 Å². The maximum Gasteiger partial charge on any atom is 0.416 e. The van der Waals surface area contributed by atoms with E-state index in [4.69, 9.17) is 5.26 Å². The molecule has 0 saturated heterocycles. The fourth-order valence-corrected chi connectivity index (χ4v) is 2.33. The topological polar surface area (TPSA) is 80.7 Å². The molecular weight excluding hydrogens is 333 g/mol. The van der Waals surface area contributed by atoms with E-state index < -0.39 is 17.8 Å². The van der Waals surface area contributed by atoms with Gasteiger partial charge >= 0.3 is 12.2 Å². The van der Waals surface area contributed by atoms with Crippen LogP contribution >= 0.6 is 0 Å². The molecule has 0 fully saturated rings. The number of aromatic nitrogens is 1. The largest absolute Gasteiger partial charge is 0.416 e. The Hall–Kier alpha value is -3.47. The first-order valence-corrected chi connectivity index (χ1v) is 7.13. The van der Waals surface area contributed by atoms with Crippen LogP contribution in [0, 0.1) is 11.3 Å². The van der Waals surface area contributed by atoms with E-state index in [-0.39, 0.29) is 5.69 Å². The highest BCUT2D eigenvalue weighted by Crippen LogP contribution is 2.29. The van der Waals surface area contributed by atoms with Crippen molar-refractivity contribution < 1.29 is 18.0 Å².